The molecule has 0 aliphatic carbocycles. The third kappa shape index (κ3) is 14.2. The van der Waals surface area contributed by atoms with E-state index in [1.807, 2.05) is 0 Å². The van der Waals surface area contributed by atoms with Crippen LogP contribution in [0.4, 0.5) is 15.3 Å². The number of aliphatic carboxylic acids is 4. The fourth-order valence-corrected chi connectivity index (χ4v) is 3.01. The highest BCUT2D eigenvalue weighted by Crippen LogP contribution is 2.13. The fraction of sp³-hybridized carbons (Fsp3) is 0.308. The first-order chi connectivity index (χ1) is 19.8. The van der Waals surface area contributed by atoms with Crippen molar-refractivity contribution in [1.29, 1.82) is 0 Å². The van der Waals surface area contributed by atoms with Crippen LogP contribution in [0, 0.1) is 0 Å². The molecule has 0 saturated carbocycles. The second-order valence-corrected chi connectivity index (χ2v) is 8.44. The molecule has 0 heterocycles. The van der Waals surface area contributed by atoms with Crippen molar-refractivity contribution in [3.63, 3.8) is 0 Å². The highest BCUT2D eigenvalue weighted by atomic mass is 16.6. The maximum Gasteiger partial charge on any atom is 0.413 e. The molecule has 228 valence electrons. The molecule has 0 saturated heterocycles. The van der Waals surface area contributed by atoms with Gasteiger partial charge < -0.3 is 51.3 Å². The maximum absolute atomic E-state index is 11.6. The molecule has 0 spiro atoms. The Morgan fingerprint density at radius 2 is 1.07 bits per heavy atom. The number of carbonyl (C=O) groups is 6. The van der Waals surface area contributed by atoms with E-state index < -0.39 is 48.1 Å². The lowest BCUT2D eigenvalue weighted by Crippen LogP contribution is -2.43. The Bertz CT molecular complexity index is 1120. The number of carbonyl (C=O) groups excluding carboxylic acids is 2. The molecule has 0 aliphatic rings. The van der Waals surface area contributed by atoms with Gasteiger partial charge in [-0.3, -0.25) is 9.59 Å². The molecule has 42 heavy (non-hydrogen) atoms. The zero-order valence-corrected chi connectivity index (χ0v) is 22.1. The predicted octanol–water partition coefficient (Wildman–Crippen LogP) is 1.20. The molecule has 2 rings (SSSR count). The molecule has 0 fully saturated rings. The number of rotatable bonds is 14. The van der Waals surface area contributed by atoms with Crippen molar-refractivity contribution in [1.82, 2.24) is 10.6 Å². The van der Waals surface area contributed by atoms with Gasteiger partial charge in [0.15, 0.2) is 0 Å². The van der Waals surface area contributed by atoms with Crippen molar-refractivity contribution in [3.05, 3.63) is 59.7 Å². The lowest BCUT2D eigenvalue weighted by Gasteiger charge is -2.14. The number of aliphatic hydroxyl groups is 2. The van der Waals surface area contributed by atoms with Crippen molar-refractivity contribution < 1.29 is 64.1 Å². The van der Waals surface area contributed by atoms with E-state index in [1.54, 1.807) is 36.4 Å². The predicted molar refractivity (Wildman–Crippen MR) is 143 cm³/mol. The van der Waals surface area contributed by atoms with Gasteiger partial charge in [-0.25, -0.2) is 19.2 Å². The Kier molecular flexibility index (Phi) is 15.1. The Labute approximate surface area is 238 Å². The smallest absolute Gasteiger partial charge is 0.413 e. The summed E-state index contributed by atoms with van der Waals surface area (Å²) in [4.78, 5) is 65.8. The van der Waals surface area contributed by atoms with Gasteiger partial charge in [0.1, 0.15) is 17.8 Å². The van der Waals surface area contributed by atoms with E-state index in [4.69, 9.17) is 35.4 Å². The third-order valence-corrected chi connectivity index (χ3v) is 5.20. The van der Waals surface area contributed by atoms with Crippen LogP contribution in [0.5, 0.6) is 5.75 Å². The standard InChI is InChI=1S/C13H16N2O6.C13H15NO7/c16-7-8-1-3-9(4-2-8)14-13(21)15-10(12(19)20)5-6-11(17)18;15-7-8-1-3-9(4-2-8)21-13(20)14-10(12(18)19)5-6-11(16)17/h1-4,10,16H,5-7H2,(H,17,18)(H,19,20)(H2,14,15,21);1-4,10,15H,5-7H2,(H,14,20)(H,16,17)(H,18,19). The average Bonchev–Trinajstić information content (AvgIpc) is 2.94. The molecular weight excluding hydrogens is 562 g/mol. The van der Waals surface area contributed by atoms with E-state index in [0.717, 1.165) is 0 Å². The maximum atomic E-state index is 11.6. The van der Waals surface area contributed by atoms with Gasteiger partial charge in [-0.15, -0.1) is 0 Å². The van der Waals surface area contributed by atoms with E-state index in [-0.39, 0.29) is 44.6 Å². The summed E-state index contributed by atoms with van der Waals surface area (Å²) in [6, 6.07) is 8.92. The number of hydrogen-bond acceptors (Lipinski definition) is 9. The van der Waals surface area contributed by atoms with Crippen LogP contribution in [0.15, 0.2) is 48.5 Å². The van der Waals surface area contributed by atoms with Gasteiger partial charge in [0.25, 0.3) is 0 Å². The summed E-state index contributed by atoms with van der Waals surface area (Å²) in [5.41, 5.74) is 1.73. The Morgan fingerprint density at radius 3 is 1.48 bits per heavy atom. The number of benzene rings is 2. The van der Waals surface area contributed by atoms with Crippen LogP contribution >= 0.6 is 0 Å². The third-order valence-electron chi connectivity index (χ3n) is 5.20. The quantitative estimate of drug-likeness (QED) is 0.149. The van der Waals surface area contributed by atoms with Crippen molar-refractivity contribution in [2.24, 2.45) is 0 Å². The van der Waals surface area contributed by atoms with Gasteiger partial charge in [0, 0.05) is 18.5 Å². The van der Waals surface area contributed by atoms with E-state index >= 15 is 0 Å². The van der Waals surface area contributed by atoms with Gasteiger partial charge in [-0.1, -0.05) is 24.3 Å². The Balaban J connectivity index is 0.000000420. The van der Waals surface area contributed by atoms with Gasteiger partial charge in [-0.2, -0.15) is 0 Å². The first-order valence-corrected chi connectivity index (χ1v) is 12.2. The summed E-state index contributed by atoms with van der Waals surface area (Å²) in [7, 11) is 0. The minimum Gasteiger partial charge on any atom is -0.481 e. The second-order valence-electron chi connectivity index (χ2n) is 8.44. The van der Waals surface area contributed by atoms with Gasteiger partial charge in [0.05, 0.1) is 13.2 Å². The van der Waals surface area contributed by atoms with Crippen molar-refractivity contribution in [3.8, 4) is 5.75 Å². The van der Waals surface area contributed by atoms with Crippen LogP contribution < -0.4 is 20.7 Å². The van der Waals surface area contributed by atoms with E-state index in [9.17, 15) is 28.8 Å². The molecule has 3 amide bonds. The Morgan fingerprint density at radius 1 is 0.643 bits per heavy atom. The molecule has 16 nitrogen and oxygen atoms in total. The second kappa shape index (κ2) is 18.2. The van der Waals surface area contributed by atoms with E-state index in [0.29, 0.717) is 16.8 Å². The summed E-state index contributed by atoms with van der Waals surface area (Å²) in [5, 5.41) is 59.2. The van der Waals surface area contributed by atoms with Crippen LogP contribution in [0.1, 0.15) is 36.8 Å². The van der Waals surface area contributed by atoms with Crippen molar-refractivity contribution in [2.45, 2.75) is 51.0 Å². The van der Waals surface area contributed by atoms with Crippen LogP contribution in [0.3, 0.4) is 0 Å². The molecule has 2 aromatic carbocycles. The number of carboxylic acids is 4. The molecule has 0 bridgehead atoms. The lowest BCUT2D eigenvalue weighted by atomic mass is 10.1. The van der Waals surface area contributed by atoms with Crippen LogP contribution in [0.2, 0.25) is 0 Å². The first-order valence-electron chi connectivity index (χ1n) is 12.2. The number of nitrogens with one attached hydrogen (secondary N) is 3. The highest BCUT2D eigenvalue weighted by Gasteiger charge is 2.22. The fourth-order valence-electron chi connectivity index (χ4n) is 3.01. The summed E-state index contributed by atoms with van der Waals surface area (Å²) in [6.07, 6.45) is -2.19. The number of anilines is 1. The lowest BCUT2D eigenvalue weighted by molar-refractivity contribution is -0.142. The van der Waals surface area contributed by atoms with Crippen LogP contribution in [-0.2, 0) is 32.4 Å². The summed E-state index contributed by atoms with van der Waals surface area (Å²) < 4.78 is 4.86. The molecule has 2 atom stereocenters. The molecule has 9 N–H and O–H groups in total. The molecule has 0 aromatic heterocycles. The minimum atomic E-state index is -1.34. The van der Waals surface area contributed by atoms with Gasteiger partial charge in [0.2, 0.25) is 0 Å². The van der Waals surface area contributed by atoms with Crippen LogP contribution in [-0.4, -0.2) is 78.7 Å². The van der Waals surface area contributed by atoms with Gasteiger partial charge in [-0.05, 0) is 48.2 Å². The summed E-state index contributed by atoms with van der Waals surface area (Å²) in [6.45, 7) is -0.272. The molecule has 16 heteroatoms. The zero-order valence-electron chi connectivity index (χ0n) is 22.1. The number of hydrogen-bond donors (Lipinski definition) is 9. The number of urea groups is 1. The minimum absolute atomic E-state index is 0.122. The summed E-state index contributed by atoms with van der Waals surface area (Å²) in [5.74, 6) is -4.77. The molecule has 0 aliphatic heterocycles. The molecule has 0 radical (unpaired) electrons. The van der Waals surface area contributed by atoms with E-state index in [2.05, 4.69) is 16.0 Å². The first kappa shape index (κ1) is 34.8. The van der Waals surface area contributed by atoms with Crippen molar-refractivity contribution in [2.75, 3.05) is 5.32 Å². The highest BCUT2D eigenvalue weighted by molar-refractivity contribution is 5.92. The zero-order chi connectivity index (χ0) is 31.7. The topological polar surface area (TPSA) is 269 Å². The molecular formula is C26H31N3O13. The normalized spacial score (nSPS) is 11.5. The summed E-state index contributed by atoms with van der Waals surface area (Å²) >= 11 is 0. The van der Waals surface area contributed by atoms with E-state index in [1.165, 1.54) is 12.1 Å². The average molecular weight is 594 g/mol. The van der Waals surface area contributed by atoms with Crippen molar-refractivity contribution >= 4 is 41.7 Å². The van der Waals surface area contributed by atoms with Crippen LogP contribution in [0.25, 0.3) is 0 Å². The van der Waals surface area contributed by atoms with Gasteiger partial charge >= 0.3 is 36.0 Å². The number of amides is 3. The molecule has 2 unspecified atom stereocenters. The number of aliphatic hydroxyl groups excluding tert-OH is 2. The number of carboxylic acid groups (broad SMARTS) is 4. The Hall–Kier alpha value is -5.22. The largest absolute Gasteiger partial charge is 0.481 e. The SMILES string of the molecule is O=C(O)CCC(NC(=O)Nc1ccc(CO)cc1)C(=O)O.O=C(O)CCC(NC(=O)Oc1ccc(CO)cc1)C(=O)O. The molecule has 2 aromatic rings. The number of ether oxygens (including phenoxy) is 1. The monoisotopic (exact) mass is 593 g/mol.